The van der Waals surface area contributed by atoms with Crippen LogP contribution in [0.3, 0.4) is 0 Å². The van der Waals surface area contributed by atoms with Crippen molar-refractivity contribution in [2.24, 2.45) is 0 Å². The summed E-state index contributed by atoms with van der Waals surface area (Å²) in [7, 11) is 0. The zero-order chi connectivity index (χ0) is 17.8. The molecule has 0 spiro atoms. The van der Waals surface area contributed by atoms with Crippen molar-refractivity contribution in [3.8, 4) is 5.69 Å². The summed E-state index contributed by atoms with van der Waals surface area (Å²) < 4.78 is 2.21. The molecule has 0 unspecified atom stereocenters. The largest absolute Gasteiger partial charge is 0.348 e. The van der Waals surface area contributed by atoms with Gasteiger partial charge in [-0.2, -0.15) is 5.10 Å². The molecule has 1 aliphatic rings. The van der Waals surface area contributed by atoms with Crippen LogP contribution in [0.2, 0.25) is 0 Å². The van der Waals surface area contributed by atoms with Gasteiger partial charge in [-0.25, -0.2) is 9.67 Å². The Balaban J connectivity index is 1.34. The first kappa shape index (κ1) is 17.2. The molecule has 7 heteroatoms. The zero-order valence-electron chi connectivity index (χ0n) is 14.0. The second-order valence-electron chi connectivity index (χ2n) is 5.88. The predicted octanol–water partition coefficient (Wildman–Crippen LogP) is 3.68. The van der Waals surface area contributed by atoms with Crippen molar-refractivity contribution in [2.75, 3.05) is 11.5 Å². The van der Waals surface area contributed by atoms with Crippen LogP contribution in [0.5, 0.6) is 0 Å². The van der Waals surface area contributed by atoms with Gasteiger partial charge in [0.1, 0.15) is 12.7 Å². The molecule has 1 fully saturated rings. The first-order chi connectivity index (χ1) is 12.8. The van der Waals surface area contributed by atoms with Crippen molar-refractivity contribution in [3.63, 3.8) is 0 Å². The molecule has 0 bridgehead atoms. The molecule has 2 heterocycles. The van der Waals surface area contributed by atoms with E-state index < -0.39 is 0 Å². The molecule has 2 aromatic carbocycles. The Kier molecular flexibility index (Phi) is 5.26. The Morgan fingerprint density at radius 1 is 1.08 bits per heavy atom. The average Bonchev–Trinajstić information content (AvgIpc) is 3.40. The van der Waals surface area contributed by atoms with Crippen LogP contribution in [0.4, 0.5) is 0 Å². The van der Waals surface area contributed by atoms with Gasteiger partial charge in [0.25, 0.3) is 5.91 Å². The molecule has 1 saturated heterocycles. The molecular formula is C19H18N4OS2. The van der Waals surface area contributed by atoms with Crippen molar-refractivity contribution < 1.29 is 4.79 Å². The van der Waals surface area contributed by atoms with Gasteiger partial charge in [0, 0.05) is 23.6 Å². The number of benzene rings is 2. The smallest absolute Gasteiger partial charge is 0.251 e. The quantitative estimate of drug-likeness (QED) is 0.729. The Hall–Kier alpha value is -2.25. The number of aromatic nitrogens is 3. The highest BCUT2D eigenvalue weighted by Gasteiger charge is 2.18. The van der Waals surface area contributed by atoms with Gasteiger partial charge in [-0.15, -0.1) is 23.5 Å². The number of amides is 1. The minimum absolute atomic E-state index is 0.0522. The van der Waals surface area contributed by atoms with E-state index in [9.17, 15) is 4.79 Å². The minimum atomic E-state index is -0.0522. The summed E-state index contributed by atoms with van der Waals surface area (Å²) in [6.07, 6.45) is 3.16. The highest BCUT2D eigenvalue weighted by molar-refractivity contribution is 8.19. The van der Waals surface area contributed by atoms with E-state index in [-0.39, 0.29) is 5.91 Å². The third-order valence-corrected chi connectivity index (χ3v) is 7.24. The highest BCUT2D eigenvalue weighted by Crippen LogP contribution is 2.45. The van der Waals surface area contributed by atoms with Crippen LogP contribution < -0.4 is 5.32 Å². The fourth-order valence-corrected chi connectivity index (χ4v) is 5.59. The highest BCUT2D eigenvalue weighted by atomic mass is 32.2. The van der Waals surface area contributed by atoms with Crippen LogP contribution in [0.25, 0.3) is 5.69 Å². The molecule has 4 rings (SSSR count). The molecule has 1 aromatic heterocycles. The lowest BCUT2D eigenvalue weighted by molar-refractivity contribution is 0.0951. The van der Waals surface area contributed by atoms with Crippen molar-refractivity contribution in [3.05, 3.63) is 77.9 Å². The molecule has 0 aliphatic carbocycles. The van der Waals surface area contributed by atoms with E-state index in [1.54, 1.807) is 11.0 Å². The summed E-state index contributed by atoms with van der Waals surface area (Å²) in [5.74, 6) is 2.35. The van der Waals surface area contributed by atoms with Gasteiger partial charge < -0.3 is 5.32 Å². The molecule has 1 amide bonds. The maximum absolute atomic E-state index is 12.4. The number of nitrogens with one attached hydrogen (secondary N) is 1. The number of thioether (sulfide) groups is 2. The lowest BCUT2D eigenvalue weighted by Crippen LogP contribution is -2.22. The van der Waals surface area contributed by atoms with Crippen LogP contribution in [0, 0.1) is 0 Å². The monoisotopic (exact) mass is 382 g/mol. The number of hydrogen-bond acceptors (Lipinski definition) is 5. The molecule has 0 saturated carbocycles. The number of nitrogens with zero attached hydrogens (tertiary/aromatic N) is 3. The van der Waals surface area contributed by atoms with Crippen LogP contribution in [0.1, 0.15) is 26.1 Å². The van der Waals surface area contributed by atoms with Gasteiger partial charge in [0.2, 0.25) is 0 Å². The van der Waals surface area contributed by atoms with Gasteiger partial charge in [-0.3, -0.25) is 4.79 Å². The van der Waals surface area contributed by atoms with Crippen LogP contribution in [0.15, 0.2) is 61.2 Å². The predicted molar refractivity (Wildman–Crippen MR) is 107 cm³/mol. The number of carbonyl (C=O) groups excluding carboxylic acids is 1. The maximum atomic E-state index is 12.4. The first-order valence-corrected chi connectivity index (χ1v) is 10.4. The second kappa shape index (κ2) is 7.97. The average molecular weight is 383 g/mol. The van der Waals surface area contributed by atoms with Gasteiger partial charge >= 0.3 is 0 Å². The lowest BCUT2D eigenvalue weighted by Gasteiger charge is -2.10. The third kappa shape index (κ3) is 3.94. The molecule has 132 valence electrons. The summed E-state index contributed by atoms with van der Waals surface area (Å²) in [5.41, 5.74) is 3.96. The minimum Gasteiger partial charge on any atom is -0.348 e. The van der Waals surface area contributed by atoms with Crippen molar-refractivity contribution in [1.29, 1.82) is 0 Å². The SMILES string of the molecule is O=C(NCc1ccc(-n2cncn2)cc1)c1ccc(C2SCCS2)cc1. The van der Waals surface area contributed by atoms with Gasteiger partial charge in [0.15, 0.2) is 0 Å². The van der Waals surface area contributed by atoms with E-state index >= 15 is 0 Å². The van der Waals surface area contributed by atoms with Gasteiger partial charge in [-0.05, 0) is 35.4 Å². The summed E-state index contributed by atoms with van der Waals surface area (Å²) in [6.45, 7) is 0.493. The second-order valence-corrected chi connectivity index (χ2v) is 8.61. The number of carbonyl (C=O) groups is 1. The summed E-state index contributed by atoms with van der Waals surface area (Å²) in [4.78, 5) is 16.3. The van der Waals surface area contributed by atoms with Crippen molar-refractivity contribution in [2.45, 2.75) is 11.1 Å². The molecule has 5 nitrogen and oxygen atoms in total. The van der Waals surface area contributed by atoms with Crippen LogP contribution in [-0.2, 0) is 6.54 Å². The summed E-state index contributed by atoms with van der Waals surface area (Å²) >= 11 is 3.94. The summed E-state index contributed by atoms with van der Waals surface area (Å²) in [6, 6.07) is 15.8. The lowest BCUT2D eigenvalue weighted by atomic mass is 10.1. The zero-order valence-corrected chi connectivity index (χ0v) is 15.7. The molecule has 26 heavy (non-hydrogen) atoms. The maximum Gasteiger partial charge on any atom is 0.251 e. The van der Waals surface area contributed by atoms with E-state index in [4.69, 9.17) is 0 Å². The Labute approximate surface area is 160 Å². The first-order valence-electron chi connectivity index (χ1n) is 8.35. The normalized spacial score (nSPS) is 14.5. The van der Waals surface area contributed by atoms with E-state index in [1.807, 2.05) is 59.9 Å². The van der Waals surface area contributed by atoms with Gasteiger partial charge in [-0.1, -0.05) is 24.3 Å². The molecule has 0 atom stereocenters. The van der Waals surface area contributed by atoms with Crippen LogP contribution >= 0.6 is 23.5 Å². The van der Waals surface area contributed by atoms with Crippen LogP contribution in [-0.4, -0.2) is 32.2 Å². The third-order valence-electron chi connectivity index (χ3n) is 4.14. The molecule has 0 radical (unpaired) electrons. The Morgan fingerprint density at radius 2 is 1.81 bits per heavy atom. The molecular weight excluding hydrogens is 364 g/mol. The summed E-state index contributed by atoms with van der Waals surface area (Å²) in [5, 5.41) is 7.07. The van der Waals surface area contributed by atoms with E-state index in [0.717, 1.165) is 11.3 Å². The fourth-order valence-electron chi connectivity index (χ4n) is 2.73. The van der Waals surface area contributed by atoms with Crippen molar-refractivity contribution in [1.82, 2.24) is 20.1 Å². The topological polar surface area (TPSA) is 59.8 Å². The van der Waals surface area contributed by atoms with E-state index in [2.05, 4.69) is 27.5 Å². The molecule has 3 aromatic rings. The Bertz CT molecular complexity index is 858. The van der Waals surface area contributed by atoms with E-state index in [1.165, 1.54) is 23.4 Å². The van der Waals surface area contributed by atoms with E-state index in [0.29, 0.717) is 16.7 Å². The van der Waals surface area contributed by atoms with Gasteiger partial charge in [0.05, 0.1) is 10.3 Å². The number of hydrogen-bond donors (Lipinski definition) is 1. The number of rotatable bonds is 5. The Morgan fingerprint density at radius 3 is 2.46 bits per heavy atom. The standard InChI is InChI=1S/C19H18N4OS2/c24-18(15-3-5-16(6-4-15)19-25-9-10-26-19)21-11-14-1-7-17(8-2-14)23-13-20-12-22-23/h1-8,12-13,19H,9-11H2,(H,21,24). The molecule has 1 N–H and O–H groups in total. The fraction of sp³-hybridized carbons (Fsp3) is 0.211. The van der Waals surface area contributed by atoms with Crippen molar-refractivity contribution >= 4 is 29.4 Å². The molecule has 1 aliphatic heterocycles.